The summed E-state index contributed by atoms with van der Waals surface area (Å²) < 4.78 is 5.76. The Morgan fingerprint density at radius 2 is 2.03 bits per heavy atom. The van der Waals surface area contributed by atoms with E-state index in [1.807, 2.05) is 25.7 Å². The van der Waals surface area contributed by atoms with E-state index in [0.717, 1.165) is 31.8 Å². The second kappa shape index (κ2) is 10.4. The van der Waals surface area contributed by atoms with Gasteiger partial charge in [-0.25, -0.2) is 4.79 Å². The molecule has 2 rings (SSSR count). The lowest BCUT2D eigenvalue weighted by Gasteiger charge is -2.41. The van der Waals surface area contributed by atoms with Crippen LogP contribution in [0.25, 0.3) is 0 Å². The Morgan fingerprint density at radius 1 is 1.42 bits per heavy atom. The SMILES string of the molecule is C=CC(CC1CC1(C)C)CN(C)CC1CC([C@@H](Br)CC)=C(C)CN1C(=O)OC(C)(C)C. The monoisotopic (exact) mass is 496 g/mol. The number of ether oxygens (including phenoxy) is 1. The molecule has 0 aromatic carbocycles. The van der Waals surface area contributed by atoms with E-state index in [0.29, 0.717) is 22.7 Å². The zero-order valence-corrected chi connectivity index (χ0v) is 22.7. The van der Waals surface area contributed by atoms with Gasteiger partial charge in [-0.05, 0) is 77.7 Å². The van der Waals surface area contributed by atoms with Crippen LogP contribution >= 0.6 is 15.9 Å². The van der Waals surface area contributed by atoms with Crippen LogP contribution in [0.1, 0.15) is 74.1 Å². The highest BCUT2D eigenvalue weighted by molar-refractivity contribution is 9.09. The minimum absolute atomic E-state index is 0.119. The number of hydrogen-bond acceptors (Lipinski definition) is 3. The standard InChI is InChI=1S/C26H45BrN2O2/c1-10-19(12-20-14-26(20,7)8)16-28(9)17-21-13-22(23(27)11-2)18(3)15-29(21)24(30)31-25(4,5)6/h10,19-21,23H,1,11-17H2,2-9H3/t19?,20?,21?,23-/m0/s1. The third kappa shape index (κ3) is 7.63. The molecule has 2 aliphatic rings. The molecule has 0 radical (unpaired) electrons. The normalized spacial score (nSPS) is 25.4. The van der Waals surface area contributed by atoms with Crippen molar-refractivity contribution in [2.75, 3.05) is 26.7 Å². The van der Waals surface area contributed by atoms with Crippen molar-refractivity contribution in [3.63, 3.8) is 0 Å². The van der Waals surface area contributed by atoms with Gasteiger partial charge in [0, 0.05) is 24.5 Å². The van der Waals surface area contributed by atoms with Gasteiger partial charge in [0.15, 0.2) is 0 Å². The van der Waals surface area contributed by atoms with Crippen LogP contribution in [0.3, 0.4) is 0 Å². The van der Waals surface area contributed by atoms with E-state index in [9.17, 15) is 4.79 Å². The van der Waals surface area contributed by atoms with Crippen LogP contribution in [0.15, 0.2) is 23.8 Å². The quantitative estimate of drug-likeness (QED) is 0.264. The van der Waals surface area contributed by atoms with Crippen molar-refractivity contribution >= 4 is 22.0 Å². The Bertz CT molecular complexity index is 679. The molecule has 0 bridgehead atoms. The summed E-state index contributed by atoms with van der Waals surface area (Å²) >= 11 is 3.86. The molecular weight excluding hydrogens is 452 g/mol. The summed E-state index contributed by atoms with van der Waals surface area (Å²) in [7, 11) is 2.18. The number of rotatable bonds is 9. The first-order chi connectivity index (χ1) is 14.3. The Hall–Kier alpha value is -0.810. The topological polar surface area (TPSA) is 32.8 Å². The van der Waals surface area contributed by atoms with Crippen molar-refractivity contribution < 1.29 is 9.53 Å². The van der Waals surface area contributed by atoms with Crippen molar-refractivity contribution in [1.29, 1.82) is 0 Å². The highest BCUT2D eigenvalue weighted by atomic mass is 79.9. The Labute approximate surface area is 199 Å². The van der Waals surface area contributed by atoms with Gasteiger partial charge in [0.1, 0.15) is 5.60 Å². The molecule has 4 atom stereocenters. The van der Waals surface area contributed by atoms with Gasteiger partial charge in [-0.2, -0.15) is 0 Å². The molecule has 1 saturated carbocycles. The van der Waals surface area contributed by atoms with Crippen molar-refractivity contribution in [3.05, 3.63) is 23.8 Å². The van der Waals surface area contributed by atoms with Crippen LogP contribution in [0, 0.1) is 17.3 Å². The molecule has 1 aliphatic heterocycles. The van der Waals surface area contributed by atoms with Crippen LogP contribution < -0.4 is 0 Å². The van der Waals surface area contributed by atoms with Crippen molar-refractivity contribution in [2.45, 2.75) is 90.6 Å². The molecule has 178 valence electrons. The third-order valence-corrected chi connectivity index (χ3v) is 8.12. The number of nitrogens with zero attached hydrogens (tertiary/aromatic N) is 2. The molecule has 1 fully saturated rings. The first kappa shape index (κ1) is 26.4. The van der Waals surface area contributed by atoms with Crippen LogP contribution in [0.5, 0.6) is 0 Å². The van der Waals surface area contributed by atoms with Gasteiger partial charge >= 0.3 is 6.09 Å². The fraction of sp³-hybridized carbons (Fsp3) is 0.808. The van der Waals surface area contributed by atoms with Gasteiger partial charge in [0.05, 0.1) is 6.04 Å². The number of alkyl halides is 1. The molecule has 1 amide bonds. The molecule has 0 saturated heterocycles. The average molecular weight is 498 g/mol. The summed E-state index contributed by atoms with van der Waals surface area (Å²) in [4.78, 5) is 17.7. The Kier molecular flexibility index (Phi) is 8.89. The number of carbonyl (C=O) groups excluding carboxylic acids is 1. The van der Waals surface area contributed by atoms with Crippen LogP contribution in [-0.2, 0) is 4.74 Å². The Morgan fingerprint density at radius 3 is 2.52 bits per heavy atom. The van der Waals surface area contributed by atoms with Crippen LogP contribution in [-0.4, -0.2) is 59.0 Å². The van der Waals surface area contributed by atoms with E-state index in [-0.39, 0.29) is 12.1 Å². The fourth-order valence-corrected chi connectivity index (χ4v) is 5.36. The lowest BCUT2D eigenvalue weighted by molar-refractivity contribution is 0.0130. The summed E-state index contributed by atoms with van der Waals surface area (Å²) in [5, 5.41) is 0. The Balaban J connectivity index is 2.10. The molecule has 3 unspecified atom stereocenters. The summed E-state index contributed by atoms with van der Waals surface area (Å²) in [5.74, 6) is 1.30. The minimum Gasteiger partial charge on any atom is -0.444 e. The highest BCUT2D eigenvalue weighted by Crippen LogP contribution is 2.54. The van der Waals surface area contributed by atoms with Gasteiger partial charge < -0.3 is 9.64 Å². The van der Waals surface area contributed by atoms with E-state index < -0.39 is 5.60 Å². The molecule has 0 aromatic heterocycles. The molecule has 31 heavy (non-hydrogen) atoms. The molecule has 4 nitrogen and oxygen atoms in total. The molecule has 1 aliphatic carbocycles. The predicted molar refractivity (Wildman–Crippen MR) is 135 cm³/mol. The highest BCUT2D eigenvalue weighted by Gasteiger charge is 2.45. The largest absolute Gasteiger partial charge is 0.444 e. The van der Waals surface area contributed by atoms with Crippen molar-refractivity contribution in [3.8, 4) is 0 Å². The van der Waals surface area contributed by atoms with Gasteiger partial charge in [0.25, 0.3) is 0 Å². The van der Waals surface area contributed by atoms with Gasteiger partial charge in [-0.15, -0.1) is 6.58 Å². The zero-order valence-electron chi connectivity index (χ0n) is 21.1. The number of hydrogen-bond donors (Lipinski definition) is 0. The summed E-state index contributed by atoms with van der Waals surface area (Å²) in [5.41, 5.74) is 2.74. The maximum absolute atomic E-state index is 13.0. The van der Waals surface area contributed by atoms with Gasteiger partial charge in [-0.1, -0.05) is 53.9 Å². The zero-order chi connectivity index (χ0) is 23.6. The third-order valence-electron chi connectivity index (χ3n) is 6.92. The van der Waals surface area contributed by atoms with E-state index in [1.54, 1.807) is 0 Å². The summed E-state index contributed by atoms with van der Waals surface area (Å²) in [6, 6.07) is 0.119. The second-order valence-electron chi connectivity index (χ2n) is 11.5. The number of likely N-dealkylation sites (N-methyl/N-ethyl adjacent to an activating group) is 1. The molecule has 0 N–H and O–H groups in total. The lowest BCUT2D eigenvalue weighted by Crippen LogP contribution is -2.51. The maximum Gasteiger partial charge on any atom is 0.410 e. The van der Waals surface area contributed by atoms with Crippen molar-refractivity contribution in [1.82, 2.24) is 9.80 Å². The minimum atomic E-state index is -0.488. The van der Waals surface area contributed by atoms with E-state index in [2.05, 4.69) is 68.2 Å². The lowest BCUT2D eigenvalue weighted by atomic mass is 9.91. The first-order valence-electron chi connectivity index (χ1n) is 11.9. The summed E-state index contributed by atoms with van der Waals surface area (Å²) in [6.07, 6.45) is 6.41. The molecular formula is C26H45BrN2O2. The first-order valence-corrected chi connectivity index (χ1v) is 12.8. The van der Waals surface area contributed by atoms with Crippen molar-refractivity contribution in [2.24, 2.45) is 17.3 Å². The number of carbonyl (C=O) groups is 1. The molecule has 0 spiro atoms. The van der Waals surface area contributed by atoms with E-state index in [1.165, 1.54) is 24.0 Å². The van der Waals surface area contributed by atoms with Crippen LogP contribution in [0.2, 0.25) is 0 Å². The molecule has 0 aromatic rings. The van der Waals surface area contributed by atoms with Gasteiger partial charge in [0.2, 0.25) is 0 Å². The number of amides is 1. The second-order valence-corrected chi connectivity index (χ2v) is 12.6. The van der Waals surface area contributed by atoms with Gasteiger partial charge in [-0.3, -0.25) is 4.90 Å². The molecule has 5 heteroatoms. The smallest absolute Gasteiger partial charge is 0.410 e. The van der Waals surface area contributed by atoms with E-state index >= 15 is 0 Å². The number of halogens is 1. The fourth-order valence-electron chi connectivity index (χ4n) is 4.79. The summed E-state index contributed by atoms with van der Waals surface area (Å²) in [6.45, 7) is 21.5. The predicted octanol–water partition coefficient (Wildman–Crippen LogP) is 6.66. The average Bonchev–Trinajstić information content (AvgIpc) is 3.25. The molecule has 1 heterocycles. The van der Waals surface area contributed by atoms with E-state index in [4.69, 9.17) is 4.74 Å². The maximum atomic E-state index is 13.0. The van der Waals surface area contributed by atoms with Crippen LogP contribution in [0.4, 0.5) is 4.79 Å².